The first kappa shape index (κ1) is 19.1. The zero-order chi connectivity index (χ0) is 19.6. The fraction of sp³-hybridized carbons (Fsp3) is 0.450. The predicted molar refractivity (Wildman–Crippen MR) is 99.5 cm³/mol. The Kier molecular flexibility index (Phi) is 5.58. The Labute approximate surface area is 158 Å². The summed E-state index contributed by atoms with van der Waals surface area (Å²) in [5.74, 6) is -1.60. The van der Waals surface area contributed by atoms with E-state index in [1.54, 1.807) is 12.3 Å². The highest BCUT2D eigenvalue weighted by molar-refractivity contribution is 5.97. The molecule has 1 aromatic heterocycles. The van der Waals surface area contributed by atoms with E-state index in [0.717, 1.165) is 30.5 Å². The molecular weight excluding hydrogens is 347 g/mol. The third kappa shape index (κ3) is 4.02. The molecule has 0 saturated carbocycles. The summed E-state index contributed by atoms with van der Waals surface area (Å²) < 4.78 is 15.7. The van der Waals surface area contributed by atoms with Gasteiger partial charge in [-0.05, 0) is 37.3 Å². The molecule has 7 heteroatoms. The van der Waals surface area contributed by atoms with Crippen LogP contribution in [0.4, 0.5) is 4.39 Å². The maximum atomic E-state index is 13.9. The van der Waals surface area contributed by atoms with Crippen LogP contribution in [-0.2, 0) is 18.3 Å². The molecule has 3 rings (SSSR count). The average molecular weight is 372 g/mol. The van der Waals surface area contributed by atoms with Crippen LogP contribution in [0, 0.1) is 11.7 Å². The van der Waals surface area contributed by atoms with Gasteiger partial charge in [-0.25, -0.2) is 4.39 Å². The summed E-state index contributed by atoms with van der Waals surface area (Å²) in [6.45, 7) is 3.70. The van der Waals surface area contributed by atoms with Crippen molar-refractivity contribution in [3.05, 3.63) is 53.1 Å². The first-order chi connectivity index (χ1) is 12.9. The predicted octanol–water partition coefficient (Wildman–Crippen LogP) is 2.51. The molecular formula is C20H25FN4O2. The molecule has 0 spiro atoms. The number of aryl methyl sites for hydroxylation is 1. The number of halogens is 1. The second-order valence-corrected chi connectivity index (χ2v) is 7.30. The number of rotatable bonds is 5. The fourth-order valence-corrected chi connectivity index (χ4v) is 3.52. The Hall–Kier alpha value is -2.70. The maximum Gasteiger partial charge on any atom is 0.254 e. The molecule has 0 radical (unpaired) electrons. The van der Waals surface area contributed by atoms with E-state index >= 15 is 0 Å². The molecule has 2 atom stereocenters. The minimum absolute atomic E-state index is 0.0665. The van der Waals surface area contributed by atoms with E-state index < -0.39 is 17.8 Å². The molecule has 6 nitrogen and oxygen atoms in total. The van der Waals surface area contributed by atoms with Crippen LogP contribution in [0.25, 0.3) is 0 Å². The van der Waals surface area contributed by atoms with Gasteiger partial charge in [0, 0.05) is 18.3 Å². The van der Waals surface area contributed by atoms with Gasteiger partial charge in [0.25, 0.3) is 5.91 Å². The zero-order valence-corrected chi connectivity index (χ0v) is 15.8. The highest BCUT2D eigenvalue weighted by Crippen LogP contribution is 2.29. The van der Waals surface area contributed by atoms with E-state index in [-0.39, 0.29) is 23.4 Å². The largest absolute Gasteiger partial charge is 0.347 e. The average Bonchev–Trinajstić information content (AvgIpc) is 3.02. The second-order valence-electron chi connectivity index (χ2n) is 7.30. The van der Waals surface area contributed by atoms with E-state index in [0.29, 0.717) is 0 Å². The van der Waals surface area contributed by atoms with Gasteiger partial charge in [-0.3, -0.25) is 14.3 Å². The van der Waals surface area contributed by atoms with E-state index in [1.165, 1.54) is 18.2 Å². The smallest absolute Gasteiger partial charge is 0.254 e. The SMILES string of the molecule is CC(C)C(NC(=O)c1ccccc1F)C(=O)NC1CCCc2c1cnn2C. The summed E-state index contributed by atoms with van der Waals surface area (Å²) in [5, 5.41) is 10.0. The summed E-state index contributed by atoms with van der Waals surface area (Å²) in [6, 6.07) is 4.87. The molecule has 0 saturated heterocycles. The van der Waals surface area contributed by atoms with Crippen LogP contribution in [-0.4, -0.2) is 27.6 Å². The number of nitrogens with zero attached hydrogens (tertiary/aromatic N) is 2. The molecule has 1 aliphatic rings. The van der Waals surface area contributed by atoms with Crippen molar-refractivity contribution in [2.24, 2.45) is 13.0 Å². The Morgan fingerprint density at radius 3 is 2.74 bits per heavy atom. The van der Waals surface area contributed by atoms with Crippen LogP contribution in [0.2, 0.25) is 0 Å². The number of hydrogen-bond acceptors (Lipinski definition) is 3. The number of hydrogen-bond donors (Lipinski definition) is 2. The van der Waals surface area contributed by atoms with Crippen LogP contribution in [0.5, 0.6) is 0 Å². The number of benzene rings is 1. The normalized spacial score (nSPS) is 17.3. The summed E-state index contributed by atoms with van der Waals surface area (Å²) in [5.41, 5.74) is 2.09. The lowest BCUT2D eigenvalue weighted by Crippen LogP contribution is -2.50. The van der Waals surface area contributed by atoms with Gasteiger partial charge in [0.1, 0.15) is 11.9 Å². The third-order valence-electron chi connectivity index (χ3n) is 5.05. The number of fused-ring (bicyclic) bond motifs is 1. The van der Waals surface area contributed by atoms with E-state index in [1.807, 2.05) is 25.6 Å². The van der Waals surface area contributed by atoms with Gasteiger partial charge in [0.2, 0.25) is 5.91 Å². The highest BCUT2D eigenvalue weighted by atomic mass is 19.1. The van der Waals surface area contributed by atoms with Crippen molar-refractivity contribution in [3.8, 4) is 0 Å². The fourth-order valence-electron chi connectivity index (χ4n) is 3.52. The van der Waals surface area contributed by atoms with Crippen molar-refractivity contribution in [2.75, 3.05) is 0 Å². The van der Waals surface area contributed by atoms with Crippen molar-refractivity contribution < 1.29 is 14.0 Å². The quantitative estimate of drug-likeness (QED) is 0.847. The maximum absolute atomic E-state index is 13.9. The van der Waals surface area contributed by atoms with Gasteiger partial charge in [-0.2, -0.15) is 5.10 Å². The Bertz CT molecular complexity index is 846. The summed E-state index contributed by atoms with van der Waals surface area (Å²) >= 11 is 0. The Morgan fingerprint density at radius 1 is 1.30 bits per heavy atom. The van der Waals surface area contributed by atoms with Crippen molar-refractivity contribution in [1.82, 2.24) is 20.4 Å². The first-order valence-electron chi connectivity index (χ1n) is 9.25. The van der Waals surface area contributed by atoms with Crippen LogP contribution in [0.1, 0.15) is 54.3 Å². The molecule has 0 aliphatic heterocycles. The zero-order valence-electron chi connectivity index (χ0n) is 15.8. The molecule has 2 N–H and O–H groups in total. The van der Waals surface area contributed by atoms with Gasteiger partial charge >= 0.3 is 0 Å². The minimum Gasteiger partial charge on any atom is -0.347 e. The van der Waals surface area contributed by atoms with Gasteiger partial charge in [-0.1, -0.05) is 26.0 Å². The molecule has 0 bridgehead atoms. The molecule has 27 heavy (non-hydrogen) atoms. The van der Waals surface area contributed by atoms with E-state index in [2.05, 4.69) is 15.7 Å². The first-order valence-corrected chi connectivity index (χ1v) is 9.25. The van der Waals surface area contributed by atoms with Crippen LogP contribution in [0.3, 0.4) is 0 Å². The molecule has 0 fully saturated rings. The highest BCUT2D eigenvalue weighted by Gasteiger charge is 2.30. The Morgan fingerprint density at radius 2 is 2.04 bits per heavy atom. The van der Waals surface area contributed by atoms with E-state index in [4.69, 9.17) is 0 Å². The summed E-state index contributed by atoms with van der Waals surface area (Å²) in [4.78, 5) is 25.3. The molecule has 144 valence electrons. The van der Waals surface area contributed by atoms with Crippen LogP contribution < -0.4 is 10.6 Å². The van der Waals surface area contributed by atoms with Gasteiger partial charge in [0.15, 0.2) is 0 Å². The summed E-state index contributed by atoms with van der Waals surface area (Å²) in [7, 11) is 1.90. The lowest BCUT2D eigenvalue weighted by Gasteiger charge is -2.28. The molecule has 1 aliphatic carbocycles. The van der Waals surface area contributed by atoms with Crippen molar-refractivity contribution in [2.45, 2.75) is 45.2 Å². The lowest BCUT2D eigenvalue weighted by molar-refractivity contribution is -0.124. The lowest BCUT2D eigenvalue weighted by atomic mass is 9.92. The summed E-state index contributed by atoms with van der Waals surface area (Å²) in [6.07, 6.45) is 4.53. The van der Waals surface area contributed by atoms with E-state index in [9.17, 15) is 14.0 Å². The minimum atomic E-state index is -0.751. The van der Waals surface area contributed by atoms with Crippen molar-refractivity contribution >= 4 is 11.8 Å². The monoisotopic (exact) mass is 372 g/mol. The molecule has 1 aromatic carbocycles. The van der Waals surface area contributed by atoms with Crippen molar-refractivity contribution in [1.29, 1.82) is 0 Å². The van der Waals surface area contributed by atoms with Crippen LogP contribution in [0.15, 0.2) is 30.5 Å². The number of aromatic nitrogens is 2. The Balaban J connectivity index is 1.73. The number of amides is 2. The third-order valence-corrected chi connectivity index (χ3v) is 5.05. The van der Waals surface area contributed by atoms with Crippen LogP contribution >= 0.6 is 0 Å². The van der Waals surface area contributed by atoms with Gasteiger partial charge in [-0.15, -0.1) is 0 Å². The molecule has 1 heterocycles. The molecule has 2 unspecified atom stereocenters. The standard InChI is InChI=1S/C20H25FN4O2/c1-12(2)18(24-19(26)13-7-4-5-8-15(13)21)20(27)23-16-9-6-10-17-14(16)11-22-25(17)3/h4-5,7-8,11-12,16,18H,6,9-10H2,1-3H3,(H,23,27)(H,24,26). The molecule has 2 aromatic rings. The number of carbonyl (C=O) groups excluding carboxylic acids is 2. The number of nitrogens with one attached hydrogen (secondary N) is 2. The second kappa shape index (κ2) is 7.90. The van der Waals surface area contributed by atoms with Crippen molar-refractivity contribution in [3.63, 3.8) is 0 Å². The molecule has 2 amide bonds. The number of carbonyl (C=O) groups is 2. The van der Waals surface area contributed by atoms with Gasteiger partial charge in [0.05, 0.1) is 17.8 Å². The van der Waals surface area contributed by atoms with Gasteiger partial charge < -0.3 is 10.6 Å². The topological polar surface area (TPSA) is 76.0 Å².